The van der Waals surface area contributed by atoms with Gasteiger partial charge in [0.25, 0.3) is 0 Å². The van der Waals surface area contributed by atoms with Crippen molar-refractivity contribution in [2.75, 3.05) is 7.11 Å². The minimum atomic E-state index is -0.925. The summed E-state index contributed by atoms with van der Waals surface area (Å²) >= 11 is 0. The standard InChI is InChI=1S/C41H42O10/c1-25(42)47-31-17-9-26(10-18-31)34(43)50-36-40(4,5)37(41(36,6)7)51-35(44)27-11-19-32(20-12-27)48-38(45)49-33-23-15-29(16-24-33)39(2,3)28-13-21-30(46-8)22-14-28/h9-24,36-37H,1-8H3. The van der Waals surface area contributed by atoms with Crippen molar-refractivity contribution in [1.82, 2.24) is 0 Å². The van der Waals surface area contributed by atoms with Crippen LogP contribution in [0.5, 0.6) is 23.0 Å². The minimum absolute atomic E-state index is 0.186. The van der Waals surface area contributed by atoms with Gasteiger partial charge in [-0.3, -0.25) is 4.79 Å². The molecular weight excluding hydrogens is 652 g/mol. The van der Waals surface area contributed by atoms with Gasteiger partial charge in [0.05, 0.1) is 18.2 Å². The molecule has 0 radical (unpaired) electrons. The Morgan fingerprint density at radius 2 is 0.863 bits per heavy atom. The van der Waals surface area contributed by atoms with Gasteiger partial charge in [-0.25, -0.2) is 14.4 Å². The van der Waals surface area contributed by atoms with Crippen LogP contribution in [0.3, 0.4) is 0 Å². The lowest BCUT2D eigenvalue weighted by atomic mass is 9.51. The van der Waals surface area contributed by atoms with Crippen molar-refractivity contribution >= 4 is 24.1 Å². The summed E-state index contributed by atoms with van der Waals surface area (Å²) < 4.78 is 32.8. The number of methoxy groups -OCH3 is 1. The number of carbonyl (C=O) groups excluding carboxylic acids is 4. The van der Waals surface area contributed by atoms with Crippen LogP contribution in [0.4, 0.5) is 4.79 Å². The summed E-state index contributed by atoms with van der Waals surface area (Å²) in [6, 6.07) is 27.1. The van der Waals surface area contributed by atoms with Gasteiger partial charge in [0, 0.05) is 23.2 Å². The molecular formula is C41H42O10. The predicted molar refractivity (Wildman–Crippen MR) is 188 cm³/mol. The molecule has 10 heteroatoms. The van der Waals surface area contributed by atoms with Crippen molar-refractivity contribution < 1.29 is 47.6 Å². The van der Waals surface area contributed by atoms with E-state index in [0.717, 1.165) is 16.9 Å². The molecule has 10 nitrogen and oxygen atoms in total. The molecule has 4 aromatic rings. The lowest BCUT2D eigenvalue weighted by molar-refractivity contribution is -0.246. The fourth-order valence-corrected chi connectivity index (χ4v) is 6.87. The highest BCUT2D eigenvalue weighted by Crippen LogP contribution is 2.57. The first-order valence-corrected chi connectivity index (χ1v) is 16.5. The van der Waals surface area contributed by atoms with Crippen molar-refractivity contribution in [1.29, 1.82) is 0 Å². The van der Waals surface area contributed by atoms with Gasteiger partial charge >= 0.3 is 24.1 Å². The molecule has 1 saturated carbocycles. The van der Waals surface area contributed by atoms with E-state index in [9.17, 15) is 19.2 Å². The average molecular weight is 695 g/mol. The Hall–Kier alpha value is -5.64. The van der Waals surface area contributed by atoms with E-state index in [1.807, 2.05) is 64.1 Å². The zero-order chi connectivity index (χ0) is 37.1. The number of carbonyl (C=O) groups is 4. The molecule has 0 aliphatic heterocycles. The number of benzene rings is 4. The molecule has 4 aromatic carbocycles. The molecule has 1 aliphatic rings. The van der Waals surface area contributed by atoms with E-state index in [-0.39, 0.29) is 16.7 Å². The van der Waals surface area contributed by atoms with Crippen LogP contribution >= 0.6 is 0 Å². The van der Waals surface area contributed by atoms with Gasteiger partial charge in [-0.2, -0.15) is 0 Å². The average Bonchev–Trinajstić information content (AvgIpc) is 3.09. The van der Waals surface area contributed by atoms with E-state index >= 15 is 0 Å². The molecule has 0 heterocycles. The molecule has 0 saturated heterocycles. The van der Waals surface area contributed by atoms with Crippen molar-refractivity contribution in [3.63, 3.8) is 0 Å². The first-order chi connectivity index (χ1) is 24.0. The molecule has 0 N–H and O–H groups in total. The molecule has 0 unspecified atom stereocenters. The topological polar surface area (TPSA) is 124 Å². The second kappa shape index (κ2) is 14.3. The van der Waals surface area contributed by atoms with Crippen LogP contribution in [0.1, 0.15) is 80.3 Å². The maximum Gasteiger partial charge on any atom is 0.519 e. The Labute approximate surface area is 297 Å². The Kier molecular flexibility index (Phi) is 10.3. The van der Waals surface area contributed by atoms with Gasteiger partial charge in [-0.05, 0) is 83.9 Å². The zero-order valence-corrected chi connectivity index (χ0v) is 30.0. The van der Waals surface area contributed by atoms with Crippen LogP contribution in [0.25, 0.3) is 0 Å². The van der Waals surface area contributed by atoms with Crippen LogP contribution in [-0.4, -0.2) is 43.4 Å². The van der Waals surface area contributed by atoms with Crippen LogP contribution in [-0.2, 0) is 19.7 Å². The fourth-order valence-electron chi connectivity index (χ4n) is 6.87. The summed E-state index contributed by atoms with van der Waals surface area (Å²) in [5.74, 6) is 0.0406. The monoisotopic (exact) mass is 694 g/mol. The summed E-state index contributed by atoms with van der Waals surface area (Å²) in [5, 5.41) is 0. The summed E-state index contributed by atoms with van der Waals surface area (Å²) in [6.45, 7) is 13.0. The summed E-state index contributed by atoms with van der Waals surface area (Å²) in [7, 11) is 1.63. The van der Waals surface area contributed by atoms with Crippen LogP contribution in [0, 0.1) is 10.8 Å². The summed E-state index contributed by atoms with van der Waals surface area (Å²) in [5.41, 5.74) is 1.01. The Morgan fingerprint density at radius 1 is 0.529 bits per heavy atom. The molecule has 0 bridgehead atoms. The minimum Gasteiger partial charge on any atom is -0.497 e. The third kappa shape index (κ3) is 7.90. The number of ether oxygens (including phenoxy) is 6. The van der Waals surface area contributed by atoms with Gasteiger partial charge in [0.15, 0.2) is 0 Å². The number of hydrogen-bond donors (Lipinski definition) is 0. The van der Waals surface area contributed by atoms with Crippen molar-refractivity contribution in [2.24, 2.45) is 10.8 Å². The normalized spacial score (nSPS) is 17.3. The van der Waals surface area contributed by atoms with Crippen LogP contribution in [0.2, 0.25) is 0 Å². The van der Waals surface area contributed by atoms with Crippen LogP contribution < -0.4 is 18.9 Å². The van der Waals surface area contributed by atoms with Gasteiger partial charge in [-0.1, -0.05) is 65.8 Å². The lowest BCUT2D eigenvalue weighted by Crippen LogP contribution is -2.69. The highest BCUT2D eigenvalue weighted by atomic mass is 16.7. The van der Waals surface area contributed by atoms with E-state index in [1.54, 1.807) is 19.2 Å². The number of rotatable bonds is 10. The van der Waals surface area contributed by atoms with Gasteiger partial charge in [0.1, 0.15) is 35.2 Å². The van der Waals surface area contributed by atoms with Crippen molar-refractivity contribution in [3.8, 4) is 23.0 Å². The molecule has 266 valence electrons. The maximum atomic E-state index is 13.2. The number of hydrogen-bond acceptors (Lipinski definition) is 10. The molecule has 0 spiro atoms. The predicted octanol–water partition coefficient (Wildman–Crippen LogP) is 8.34. The largest absolute Gasteiger partial charge is 0.519 e. The van der Waals surface area contributed by atoms with E-state index in [2.05, 4.69) is 13.8 Å². The third-order valence-electron chi connectivity index (χ3n) is 9.38. The first kappa shape index (κ1) is 36.6. The van der Waals surface area contributed by atoms with E-state index < -0.39 is 47.1 Å². The quantitative estimate of drug-likeness (QED) is 0.0909. The summed E-state index contributed by atoms with van der Waals surface area (Å²) in [4.78, 5) is 49.8. The molecule has 51 heavy (non-hydrogen) atoms. The highest BCUT2D eigenvalue weighted by Gasteiger charge is 2.66. The fraction of sp³-hybridized carbons (Fsp3) is 0.317. The van der Waals surface area contributed by atoms with Gasteiger partial charge in [-0.15, -0.1) is 0 Å². The Morgan fingerprint density at radius 3 is 1.22 bits per heavy atom. The maximum absolute atomic E-state index is 13.2. The molecule has 1 aliphatic carbocycles. The van der Waals surface area contributed by atoms with E-state index in [4.69, 9.17) is 28.4 Å². The second-order valence-corrected chi connectivity index (χ2v) is 14.2. The van der Waals surface area contributed by atoms with Crippen molar-refractivity contribution in [3.05, 3.63) is 119 Å². The molecule has 5 rings (SSSR count). The van der Waals surface area contributed by atoms with Gasteiger partial charge < -0.3 is 28.4 Å². The second-order valence-electron chi connectivity index (χ2n) is 14.2. The van der Waals surface area contributed by atoms with Crippen LogP contribution in [0.15, 0.2) is 97.1 Å². The lowest BCUT2D eigenvalue weighted by Gasteiger charge is -2.61. The Balaban J connectivity index is 1.14. The molecule has 0 amide bonds. The third-order valence-corrected chi connectivity index (χ3v) is 9.38. The smallest absolute Gasteiger partial charge is 0.497 e. The first-order valence-electron chi connectivity index (χ1n) is 16.5. The number of esters is 3. The Bertz CT molecular complexity index is 1870. The van der Waals surface area contributed by atoms with E-state index in [1.165, 1.54) is 55.5 Å². The highest BCUT2D eigenvalue weighted by molar-refractivity contribution is 5.91. The molecule has 0 aromatic heterocycles. The summed E-state index contributed by atoms with van der Waals surface area (Å²) in [6.07, 6.45) is -2.05. The zero-order valence-electron chi connectivity index (χ0n) is 30.0. The molecule has 1 fully saturated rings. The molecule has 0 atom stereocenters. The van der Waals surface area contributed by atoms with Gasteiger partial charge in [0.2, 0.25) is 0 Å². The van der Waals surface area contributed by atoms with Crippen molar-refractivity contribution in [2.45, 2.75) is 66.1 Å². The van der Waals surface area contributed by atoms with E-state index in [0.29, 0.717) is 17.1 Å². The SMILES string of the molecule is COc1ccc(C(C)(C)c2ccc(OC(=O)Oc3ccc(C(=O)OC4C(C)(C)C(OC(=O)c5ccc(OC(C)=O)cc5)C4(C)C)cc3)cc2)cc1.